The second kappa shape index (κ2) is 5.63. The van der Waals surface area contributed by atoms with Crippen molar-refractivity contribution in [3.05, 3.63) is 69.7 Å². The molecule has 4 heteroatoms. The summed E-state index contributed by atoms with van der Waals surface area (Å²) in [7, 11) is 0. The van der Waals surface area contributed by atoms with Gasteiger partial charge in [-0.2, -0.15) is 0 Å². The molecule has 1 saturated carbocycles. The third-order valence-electron chi connectivity index (χ3n) is 3.89. The number of hydrogen-bond donors (Lipinski definition) is 0. The van der Waals surface area contributed by atoms with Crippen LogP contribution in [0.2, 0.25) is 10.0 Å². The van der Waals surface area contributed by atoms with Gasteiger partial charge >= 0.3 is 0 Å². The van der Waals surface area contributed by atoms with Gasteiger partial charge in [0, 0.05) is 22.4 Å². The summed E-state index contributed by atoms with van der Waals surface area (Å²) in [5, 5.41) is 1.25. The summed E-state index contributed by atoms with van der Waals surface area (Å²) < 4.78 is 0. The molecular formula is C17H12Cl2O2. The van der Waals surface area contributed by atoms with Crippen LogP contribution in [0.5, 0.6) is 0 Å². The number of rotatable bonds is 2. The maximum atomic E-state index is 12.2. The van der Waals surface area contributed by atoms with Crippen LogP contribution >= 0.6 is 23.2 Å². The summed E-state index contributed by atoms with van der Waals surface area (Å²) in [5.41, 5.74) is 1.79. The van der Waals surface area contributed by atoms with Gasteiger partial charge in [-0.3, -0.25) is 9.59 Å². The lowest BCUT2D eigenvalue weighted by molar-refractivity contribution is -0.134. The van der Waals surface area contributed by atoms with E-state index in [1.807, 2.05) is 24.3 Å². The first-order valence-electron chi connectivity index (χ1n) is 6.64. The maximum Gasteiger partial charge on any atom is 0.206 e. The first-order valence-corrected chi connectivity index (χ1v) is 7.40. The molecular weight excluding hydrogens is 307 g/mol. The third-order valence-corrected chi connectivity index (χ3v) is 4.40. The minimum atomic E-state index is -0.434. The fraction of sp³-hybridized carbons (Fsp3) is 0.176. The van der Waals surface area contributed by atoms with Gasteiger partial charge in [0.15, 0.2) is 5.78 Å². The van der Waals surface area contributed by atoms with E-state index in [0.29, 0.717) is 10.0 Å². The van der Waals surface area contributed by atoms with Crippen molar-refractivity contribution in [1.82, 2.24) is 0 Å². The van der Waals surface area contributed by atoms with E-state index in [0.717, 1.165) is 11.1 Å². The van der Waals surface area contributed by atoms with E-state index in [2.05, 4.69) is 0 Å². The lowest BCUT2D eigenvalue weighted by Crippen LogP contribution is -2.14. The zero-order valence-electron chi connectivity index (χ0n) is 11.1. The van der Waals surface area contributed by atoms with Gasteiger partial charge in [0.1, 0.15) is 0 Å². The number of carbonyl (C=O) groups is 2. The fourth-order valence-corrected chi connectivity index (χ4v) is 3.10. The van der Waals surface area contributed by atoms with E-state index in [-0.39, 0.29) is 23.9 Å². The molecule has 2 aromatic carbocycles. The van der Waals surface area contributed by atoms with E-state index in [1.165, 1.54) is 0 Å². The molecule has 0 amide bonds. The Balaban J connectivity index is 2.02. The minimum Gasteiger partial charge on any atom is -0.291 e. The van der Waals surface area contributed by atoms with Crippen molar-refractivity contribution in [3.8, 4) is 0 Å². The van der Waals surface area contributed by atoms with Crippen molar-refractivity contribution in [3.63, 3.8) is 0 Å². The highest BCUT2D eigenvalue weighted by molar-refractivity contribution is 6.42. The third kappa shape index (κ3) is 2.74. The molecule has 0 radical (unpaired) electrons. The monoisotopic (exact) mass is 318 g/mol. The number of benzene rings is 2. The SMILES string of the molecule is O=C1CC(c2ccc(Cl)cc2)C(c2ccc(Cl)cc2)C1=O. The first kappa shape index (κ1) is 14.3. The van der Waals surface area contributed by atoms with Gasteiger partial charge in [-0.1, -0.05) is 47.5 Å². The zero-order chi connectivity index (χ0) is 15.0. The number of ketones is 2. The van der Waals surface area contributed by atoms with Crippen LogP contribution in [0.1, 0.15) is 29.4 Å². The molecule has 0 spiro atoms. The van der Waals surface area contributed by atoms with Crippen LogP contribution in [0.3, 0.4) is 0 Å². The Morgan fingerprint density at radius 1 is 0.762 bits per heavy atom. The summed E-state index contributed by atoms with van der Waals surface area (Å²) >= 11 is 11.8. The van der Waals surface area contributed by atoms with Gasteiger partial charge in [0.2, 0.25) is 5.78 Å². The molecule has 106 valence electrons. The van der Waals surface area contributed by atoms with Crippen LogP contribution in [-0.4, -0.2) is 11.6 Å². The standard InChI is InChI=1S/C17H12Cl2O2/c18-12-5-1-10(2-6-12)14-9-15(20)17(21)16(14)11-3-7-13(19)8-4-11/h1-8,14,16H,9H2. The highest BCUT2D eigenvalue weighted by Gasteiger charge is 2.42. The Morgan fingerprint density at radius 2 is 1.24 bits per heavy atom. The average molecular weight is 319 g/mol. The smallest absolute Gasteiger partial charge is 0.206 e. The Morgan fingerprint density at radius 3 is 1.76 bits per heavy atom. The number of halogens is 2. The van der Waals surface area contributed by atoms with E-state index >= 15 is 0 Å². The summed E-state index contributed by atoms with van der Waals surface area (Å²) in [6.07, 6.45) is 0.244. The molecule has 0 heterocycles. The van der Waals surface area contributed by atoms with Crippen molar-refractivity contribution >= 4 is 34.8 Å². The molecule has 2 atom stereocenters. The quantitative estimate of drug-likeness (QED) is 0.769. The molecule has 2 unspecified atom stereocenters. The molecule has 0 aromatic heterocycles. The second-order valence-electron chi connectivity index (χ2n) is 5.18. The molecule has 0 bridgehead atoms. The molecule has 2 nitrogen and oxygen atoms in total. The minimum absolute atomic E-state index is 0.136. The number of Topliss-reactive ketones (excluding diaryl/α,β-unsaturated/α-hetero) is 2. The van der Waals surface area contributed by atoms with Gasteiger partial charge in [-0.05, 0) is 35.4 Å². The normalized spacial score (nSPS) is 21.8. The molecule has 3 rings (SSSR count). The Labute approximate surface area is 132 Å². The average Bonchev–Trinajstić information content (AvgIpc) is 2.77. The highest BCUT2D eigenvalue weighted by Crippen LogP contribution is 2.42. The van der Waals surface area contributed by atoms with Crippen molar-refractivity contribution in [2.24, 2.45) is 0 Å². The molecule has 0 aliphatic heterocycles. The second-order valence-corrected chi connectivity index (χ2v) is 6.05. The largest absolute Gasteiger partial charge is 0.291 e. The number of hydrogen-bond acceptors (Lipinski definition) is 2. The summed E-state index contributed by atoms with van der Waals surface area (Å²) in [6.45, 7) is 0. The molecule has 0 N–H and O–H groups in total. The van der Waals surface area contributed by atoms with Crippen LogP contribution < -0.4 is 0 Å². The summed E-state index contributed by atoms with van der Waals surface area (Å²) in [4.78, 5) is 24.1. The van der Waals surface area contributed by atoms with Crippen LogP contribution in [0.25, 0.3) is 0 Å². The topological polar surface area (TPSA) is 34.1 Å². The van der Waals surface area contributed by atoms with Crippen molar-refractivity contribution in [2.75, 3.05) is 0 Å². The van der Waals surface area contributed by atoms with Gasteiger partial charge < -0.3 is 0 Å². The molecule has 21 heavy (non-hydrogen) atoms. The lowest BCUT2D eigenvalue weighted by Gasteiger charge is -2.18. The van der Waals surface area contributed by atoms with Crippen LogP contribution in [0.15, 0.2) is 48.5 Å². The molecule has 1 fully saturated rings. The Hall–Kier alpha value is -1.64. The maximum absolute atomic E-state index is 12.2. The fourth-order valence-electron chi connectivity index (χ4n) is 2.85. The van der Waals surface area contributed by atoms with Gasteiger partial charge in [-0.15, -0.1) is 0 Å². The van der Waals surface area contributed by atoms with Crippen molar-refractivity contribution in [1.29, 1.82) is 0 Å². The molecule has 2 aromatic rings. The Kier molecular flexibility index (Phi) is 3.83. The van der Waals surface area contributed by atoms with Gasteiger partial charge in [0.25, 0.3) is 0 Å². The lowest BCUT2D eigenvalue weighted by atomic mass is 9.84. The molecule has 0 saturated heterocycles. The zero-order valence-corrected chi connectivity index (χ0v) is 12.6. The van der Waals surface area contributed by atoms with E-state index < -0.39 is 5.92 Å². The van der Waals surface area contributed by atoms with E-state index in [1.54, 1.807) is 24.3 Å². The van der Waals surface area contributed by atoms with Crippen LogP contribution in [-0.2, 0) is 9.59 Å². The van der Waals surface area contributed by atoms with Gasteiger partial charge in [-0.25, -0.2) is 0 Å². The van der Waals surface area contributed by atoms with E-state index in [9.17, 15) is 9.59 Å². The number of carbonyl (C=O) groups excluding carboxylic acids is 2. The molecule has 1 aliphatic carbocycles. The Bertz CT molecular complexity index is 690. The summed E-state index contributed by atoms with van der Waals surface area (Å²) in [6, 6.07) is 14.4. The van der Waals surface area contributed by atoms with Crippen molar-refractivity contribution in [2.45, 2.75) is 18.3 Å². The first-order chi connectivity index (χ1) is 10.1. The van der Waals surface area contributed by atoms with Crippen molar-refractivity contribution < 1.29 is 9.59 Å². The van der Waals surface area contributed by atoms with Crippen LogP contribution in [0.4, 0.5) is 0 Å². The van der Waals surface area contributed by atoms with E-state index in [4.69, 9.17) is 23.2 Å². The van der Waals surface area contributed by atoms with Crippen LogP contribution in [0, 0.1) is 0 Å². The highest BCUT2D eigenvalue weighted by atomic mass is 35.5. The van der Waals surface area contributed by atoms with Gasteiger partial charge in [0.05, 0.1) is 5.92 Å². The molecule has 1 aliphatic rings. The summed E-state index contributed by atoms with van der Waals surface area (Å²) in [5.74, 6) is -1.20. The predicted molar refractivity (Wildman–Crippen MR) is 83.0 cm³/mol. The predicted octanol–water partition coefficient (Wildman–Crippen LogP) is 4.40.